The standard InChI is InChI=1S/C16H23FN2O2/c1-11(16(20)19-13-4-2-3-5-13)21-15-7-6-12(8-9-18)10-14(15)17/h6-7,10-11,13H,2-5,8-9,18H2,1H3,(H,19,20). The lowest BCUT2D eigenvalue weighted by Gasteiger charge is -2.18. The highest BCUT2D eigenvalue weighted by Gasteiger charge is 2.22. The summed E-state index contributed by atoms with van der Waals surface area (Å²) in [6.07, 6.45) is 4.24. The minimum atomic E-state index is -0.708. The van der Waals surface area contributed by atoms with Crippen LogP contribution >= 0.6 is 0 Å². The minimum absolute atomic E-state index is 0.102. The maximum atomic E-state index is 13.9. The molecule has 0 radical (unpaired) electrons. The third kappa shape index (κ3) is 4.43. The van der Waals surface area contributed by atoms with E-state index < -0.39 is 11.9 Å². The Morgan fingerprint density at radius 3 is 2.81 bits per heavy atom. The van der Waals surface area contributed by atoms with Crippen molar-refractivity contribution in [2.45, 2.75) is 51.2 Å². The second-order valence-electron chi connectivity index (χ2n) is 5.55. The summed E-state index contributed by atoms with van der Waals surface area (Å²) in [5.74, 6) is -0.543. The Kier molecular flexibility index (Phi) is 5.56. The van der Waals surface area contributed by atoms with Gasteiger partial charge in [-0.05, 0) is 50.4 Å². The molecule has 1 amide bonds. The molecule has 4 nitrogen and oxygen atoms in total. The van der Waals surface area contributed by atoms with Gasteiger partial charge in [0.25, 0.3) is 5.91 Å². The van der Waals surface area contributed by atoms with Gasteiger partial charge in [0.05, 0.1) is 0 Å². The van der Waals surface area contributed by atoms with Crippen molar-refractivity contribution in [3.05, 3.63) is 29.6 Å². The predicted molar refractivity (Wildman–Crippen MR) is 79.6 cm³/mol. The van der Waals surface area contributed by atoms with Crippen molar-refractivity contribution in [2.75, 3.05) is 6.54 Å². The first kappa shape index (κ1) is 15.8. The van der Waals surface area contributed by atoms with E-state index in [9.17, 15) is 9.18 Å². The van der Waals surface area contributed by atoms with Crippen LogP contribution in [0.4, 0.5) is 4.39 Å². The molecule has 0 aromatic heterocycles. The molecule has 5 heteroatoms. The number of halogens is 1. The van der Waals surface area contributed by atoms with E-state index in [4.69, 9.17) is 10.5 Å². The van der Waals surface area contributed by atoms with Crippen LogP contribution in [0.2, 0.25) is 0 Å². The third-order valence-electron chi connectivity index (χ3n) is 3.80. The maximum absolute atomic E-state index is 13.9. The minimum Gasteiger partial charge on any atom is -0.478 e. The first-order valence-corrected chi connectivity index (χ1v) is 7.55. The summed E-state index contributed by atoms with van der Waals surface area (Å²) in [7, 11) is 0. The van der Waals surface area contributed by atoms with E-state index in [1.54, 1.807) is 19.1 Å². The van der Waals surface area contributed by atoms with Gasteiger partial charge in [0.2, 0.25) is 0 Å². The summed E-state index contributed by atoms with van der Waals surface area (Å²) < 4.78 is 19.3. The SMILES string of the molecule is CC(Oc1ccc(CCN)cc1F)C(=O)NC1CCCC1. The number of carbonyl (C=O) groups is 1. The Labute approximate surface area is 124 Å². The highest BCUT2D eigenvalue weighted by atomic mass is 19.1. The van der Waals surface area contributed by atoms with Crippen LogP contribution in [0.5, 0.6) is 5.75 Å². The molecule has 1 fully saturated rings. The first-order valence-electron chi connectivity index (χ1n) is 7.55. The molecule has 0 bridgehead atoms. The molecule has 1 saturated carbocycles. The number of benzene rings is 1. The molecule has 0 aliphatic heterocycles. The van der Waals surface area contributed by atoms with Crippen molar-refractivity contribution in [3.8, 4) is 5.75 Å². The van der Waals surface area contributed by atoms with Gasteiger partial charge in [-0.2, -0.15) is 0 Å². The van der Waals surface area contributed by atoms with E-state index >= 15 is 0 Å². The summed E-state index contributed by atoms with van der Waals surface area (Å²) in [4.78, 5) is 12.0. The van der Waals surface area contributed by atoms with Crippen molar-refractivity contribution in [1.29, 1.82) is 0 Å². The molecule has 2 rings (SSSR count). The van der Waals surface area contributed by atoms with Crippen LogP contribution in [0, 0.1) is 5.82 Å². The van der Waals surface area contributed by atoms with Crippen LogP contribution in [0.25, 0.3) is 0 Å². The molecule has 0 heterocycles. The molecule has 116 valence electrons. The Hall–Kier alpha value is -1.62. The van der Waals surface area contributed by atoms with Gasteiger partial charge >= 0.3 is 0 Å². The predicted octanol–water partition coefficient (Wildman–Crippen LogP) is 2.15. The number of ether oxygens (including phenoxy) is 1. The zero-order chi connectivity index (χ0) is 15.2. The number of rotatable bonds is 6. The maximum Gasteiger partial charge on any atom is 0.260 e. The Balaban J connectivity index is 1.91. The van der Waals surface area contributed by atoms with Gasteiger partial charge in [-0.25, -0.2) is 4.39 Å². The monoisotopic (exact) mass is 294 g/mol. The summed E-state index contributed by atoms with van der Waals surface area (Å²) in [6, 6.07) is 4.97. The van der Waals surface area contributed by atoms with Crippen molar-refractivity contribution in [1.82, 2.24) is 5.32 Å². The molecule has 0 spiro atoms. The zero-order valence-corrected chi connectivity index (χ0v) is 12.4. The summed E-state index contributed by atoms with van der Waals surface area (Å²) in [6.45, 7) is 2.11. The topological polar surface area (TPSA) is 64.3 Å². The van der Waals surface area contributed by atoms with Gasteiger partial charge < -0.3 is 15.8 Å². The summed E-state index contributed by atoms with van der Waals surface area (Å²) in [5, 5.41) is 2.95. The van der Waals surface area contributed by atoms with E-state index in [0.717, 1.165) is 31.2 Å². The second kappa shape index (κ2) is 7.41. The van der Waals surface area contributed by atoms with Gasteiger partial charge in [0.15, 0.2) is 17.7 Å². The first-order chi connectivity index (χ1) is 10.1. The lowest BCUT2D eigenvalue weighted by atomic mass is 10.1. The van der Waals surface area contributed by atoms with Gasteiger partial charge in [-0.3, -0.25) is 4.79 Å². The van der Waals surface area contributed by atoms with Crippen molar-refractivity contribution >= 4 is 5.91 Å². The molecular formula is C16H23FN2O2. The average Bonchev–Trinajstić information content (AvgIpc) is 2.95. The molecule has 0 saturated heterocycles. The van der Waals surface area contributed by atoms with Crippen LogP contribution < -0.4 is 15.8 Å². The Morgan fingerprint density at radius 1 is 1.48 bits per heavy atom. The molecule has 1 aromatic carbocycles. The van der Waals surface area contributed by atoms with E-state index in [-0.39, 0.29) is 17.7 Å². The van der Waals surface area contributed by atoms with Gasteiger partial charge in [-0.1, -0.05) is 18.9 Å². The number of nitrogens with two attached hydrogens (primary N) is 1. The van der Waals surface area contributed by atoms with Crippen molar-refractivity contribution < 1.29 is 13.9 Å². The average molecular weight is 294 g/mol. The van der Waals surface area contributed by atoms with E-state index in [2.05, 4.69) is 5.32 Å². The third-order valence-corrected chi connectivity index (χ3v) is 3.80. The molecule has 1 aliphatic rings. The Bertz CT molecular complexity index is 487. The second-order valence-corrected chi connectivity index (χ2v) is 5.55. The molecule has 1 aliphatic carbocycles. The van der Waals surface area contributed by atoms with Gasteiger partial charge in [-0.15, -0.1) is 0 Å². The highest BCUT2D eigenvalue weighted by molar-refractivity contribution is 5.81. The van der Waals surface area contributed by atoms with Crippen molar-refractivity contribution in [3.63, 3.8) is 0 Å². The molecule has 1 aromatic rings. The van der Waals surface area contributed by atoms with Crippen LogP contribution in [0.1, 0.15) is 38.2 Å². The summed E-state index contributed by atoms with van der Waals surface area (Å²) >= 11 is 0. The van der Waals surface area contributed by atoms with Crippen LogP contribution in [-0.4, -0.2) is 24.6 Å². The number of nitrogens with one attached hydrogen (secondary N) is 1. The van der Waals surface area contributed by atoms with Crippen LogP contribution in [0.3, 0.4) is 0 Å². The van der Waals surface area contributed by atoms with Gasteiger partial charge in [0.1, 0.15) is 0 Å². The number of hydrogen-bond donors (Lipinski definition) is 2. The Morgan fingerprint density at radius 2 is 2.19 bits per heavy atom. The number of carbonyl (C=O) groups excluding carboxylic acids is 1. The highest BCUT2D eigenvalue weighted by Crippen LogP contribution is 2.21. The fraction of sp³-hybridized carbons (Fsp3) is 0.562. The fourth-order valence-electron chi connectivity index (χ4n) is 2.59. The number of amides is 1. The van der Waals surface area contributed by atoms with E-state index in [1.807, 2.05) is 0 Å². The smallest absolute Gasteiger partial charge is 0.260 e. The van der Waals surface area contributed by atoms with Crippen LogP contribution in [0.15, 0.2) is 18.2 Å². The molecule has 1 atom stereocenters. The lowest BCUT2D eigenvalue weighted by molar-refractivity contribution is -0.128. The van der Waals surface area contributed by atoms with E-state index in [1.165, 1.54) is 6.07 Å². The molecule has 3 N–H and O–H groups in total. The fourth-order valence-corrected chi connectivity index (χ4v) is 2.59. The molecular weight excluding hydrogens is 271 g/mol. The van der Waals surface area contributed by atoms with Crippen molar-refractivity contribution in [2.24, 2.45) is 5.73 Å². The zero-order valence-electron chi connectivity index (χ0n) is 12.4. The lowest BCUT2D eigenvalue weighted by Crippen LogP contribution is -2.41. The summed E-state index contributed by atoms with van der Waals surface area (Å²) in [5.41, 5.74) is 6.26. The van der Waals surface area contributed by atoms with Gasteiger partial charge in [0, 0.05) is 6.04 Å². The number of hydrogen-bond acceptors (Lipinski definition) is 3. The van der Waals surface area contributed by atoms with Crippen LogP contribution in [-0.2, 0) is 11.2 Å². The largest absolute Gasteiger partial charge is 0.478 e. The molecule has 21 heavy (non-hydrogen) atoms. The molecule has 1 unspecified atom stereocenters. The normalized spacial score (nSPS) is 16.7. The quantitative estimate of drug-likeness (QED) is 0.845. The van der Waals surface area contributed by atoms with E-state index in [0.29, 0.717) is 13.0 Å².